The van der Waals surface area contributed by atoms with E-state index in [0.717, 1.165) is 39.2 Å². The number of benzene rings is 3. The molecule has 3 aromatic carbocycles. The molecule has 0 bridgehead atoms. The summed E-state index contributed by atoms with van der Waals surface area (Å²) in [5, 5.41) is 5.93. The minimum Gasteiger partial charge on any atom is -0.493 e. The van der Waals surface area contributed by atoms with Gasteiger partial charge in [0.05, 0.1) is 41.8 Å². The molecule has 0 saturated carbocycles. The molecule has 1 aliphatic rings. The zero-order valence-electron chi connectivity index (χ0n) is 23.1. The van der Waals surface area contributed by atoms with Gasteiger partial charge in [-0.3, -0.25) is 14.6 Å². The van der Waals surface area contributed by atoms with Gasteiger partial charge >= 0.3 is 0 Å². The van der Waals surface area contributed by atoms with E-state index in [0.29, 0.717) is 29.1 Å². The molecule has 9 nitrogen and oxygen atoms in total. The van der Waals surface area contributed by atoms with Crippen LogP contribution in [0.1, 0.15) is 17.0 Å². The molecule has 0 aliphatic carbocycles. The standard InChI is InChI=1S/C32H29N5O4/c1-20-17-33-21(2)29(34-20)23-15-24-18-36(13-14-41-31(24)27(16-23)40-3)28(38)19-37-32(39)26-12-8-7-11-25(26)30(35-37)22-9-5-4-6-10-22/h4-12,15-17H,13-14,18-19H2,1-3H3. The minimum atomic E-state index is -0.308. The number of aromatic nitrogens is 4. The highest BCUT2D eigenvalue weighted by Crippen LogP contribution is 2.38. The molecule has 0 saturated heterocycles. The topological polar surface area (TPSA) is 99.4 Å². The van der Waals surface area contributed by atoms with E-state index in [4.69, 9.17) is 9.47 Å². The van der Waals surface area contributed by atoms with E-state index in [9.17, 15) is 9.59 Å². The lowest BCUT2D eigenvalue weighted by atomic mass is 10.0. The quantitative estimate of drug-likeness (QED) is 0.318. The van der Waals surface area contributed by atoms with Gasteiger partial charge in [-0.25, -0.2) is 9.67 Å². The average Bonchev–Trinajstić information content (AvgIpc) is 3.22. The fraction of sp³-hybridized carbons (Fsp3) is 0.219. The van der Waals surface area contributed by atoms with Crippen LogP contribution in [0.25, 0.3) is 33.3 Å². The first-order valence-corrected chi connectivity index (χ1v) is 13.4. The van der Waals surface area contributed by atoms with Crippen molar-refractivity contribution in [2.75, 3.05) is 20.3 Å². The van der Waals surface area contributed by atoms with Gasteiger partial charge in [0.15, 0.2) is 11.5 Å². The van der Waals surface area contributed by atoms with Crippen molar-refractivity contribution in [1.29, 1.82) is 0 Å². The van der Waals surface area contributed by atoms with Crippen molar-refractivity contribution in [3.8, 4) is 34.0 Å². The van der Waals surface area contributed by atoms with Crippen molar-refractivity contribution in [3.63, 3.8) is 0 Å². The molecule has 9 heteroatoms. The van der Waals surface area contributed by atoms with Crippen LogP contribution in [0.3, 0.4) is 0 Å². The fourth-order valence-corrected chi connectivity index (χ4v) is 5.18. The smallest absolute Gasteiger partial charge is 0.275 e. The first-order chi connectivity index (χ1) is 19.9. The summed E-state index contributed by atoms with van der Waals surface area (Å²) < 4.78 is 13.0. The number of carbonyl (C=O) groups is 1. The number of fused-ring (bicyclic) bond motifs is 2. The third-order valence-corrected chi connectivity index (χ3v) is 7.22. The lowest BCUT2D eigenvalue weighted by molar-refractivity contribution is -0.132. The zero-order valence-corrected chi connectivity index (χ0v) is 23.1. The van der Waals surface area contributed by atoms with Gasteiger partial charge in [0.2, 0.25) is 5.91 Å². The van der Waals surface area contributed by atoms with Crippen LogP contribution in [0.15, 0.2) is 77.7 Å². The maximum absolute atomic E-state index is 13.7. The van der Waals surface area contributed by atoms with Gasteiger partial charge < -0.3 is 14.4 Å². The maximum Gasteiger partial charge on any atom is 0.275 e. The van der Waals surface area contributed by atoms with Crippen LogP contribution in [-0.2, 0) is 17.9 Å². The number of methoxy groups -OCH3 is 1. The molecule has 1 aliphatic heterocycles. The van der Waals surface area contributed by atoms with Crippen LogP contribution in [0.5, 0.6) is 11.5 Å². The van der Waals surface area contributed by atoms with Crippen molar-refractivity contribution in [2.45, 2.75) is 26.9 Å². The molecule has 5 aromatic rings. The molecule has 41 heavy (non-hydrogen) atoms. The first-order valence-electron chi connectivity index (χ1n) is 13.4. The normalized spacial score (nSPS) is 12.9. The predicted octanol–water partition coefficient (Wildman–Crippen LogP) is 4.57. The highest BCUT2D eigenvalue weighted by Gasteiger charge is 2.25. The molecular formula is C32H29N5O4. The van der Waals surface area contributed by atoms with Crippen LogP contribution < -0.4 is 15.0 Å². The van der Waals surface area contributed by atoms with Gasteiger partial charge in [-0.15, -0.1) is 0 Å². The number of aryl methyl sites for hydroxylation is 2. The molecule has 0 N–H and O–H groups in total. The number of ether oxygens (including phenoxy) is 2. The Morgan fingerprint density at radius 1 is 0.976 bits per heavy atom. The molecule has 2 aromatic heterocycles. The summed E-state index contributed by atoms with van der Waals surface area (Å²) in [7, 11) is 1.59. The Bertz CT molecular complexity index is 1830. The summed E-state index contributed by atoms with van der Waals surface area (Å²) in [6.45, 7) is 4.52. The van der Waals surface area contributed by atoms with Crippen molar-refractivity contribution in [1.82, 2.24) is 24.6 Å². The van der Waals surface area contributed by atoms with Gasteiger partial charge in [-0.2, -0.15) is 5.10 Å². The second-order valence-electron chi connectivity index (χ2n) is 10.00. The minimum absolute atomic E-state index is 0.196. The number of carbonyl (C=O) groups excluding carboxylic acids is 1. The highest BCUT2D eigenvalue weighted by molar-refractivity contribution is 5.93. The van der Waals surface area contributed by atoms with Crippen LogP contribution >= 0.6 is 0 Å². The fourth-order valence-electron chi connectivity index (χ4n) is 5.18. The van der Waals surface area contributed by atoms with Crippen LogP contribution in [-0.4, -0.2) is 50.8 Å². The summed E-state index contributed by atoms with van der Waals surface area (Å²) in [5.41, 5.74) is 5.17. The summed E-state index contributed by atoms with van der Waals surface area (Å²) >= 11 is 0. The van der Waals surface area contributed by atoms with Crippen LogP contribution in [0.4, 0.5) is 0 Å². The number of hydrogen-bond acceptors (Lipinski definition) is 7. The van der Waals surface area contributed by atoms with Gasteiger partial charge in [0, 0.05) is 34.8 Å². The second-order valence-corrected chi connectivity index (χ2v) is 10.00. The Balaban J connectivity index is 1.35. The Morgan fingerprint density at radius 3 is 2.51 bits per heavy atom. The number of nitrogens with zero attached hydrogens (tertiary/aromatic N) is 5. The Hall–Kier alpha value is -5.05. The summed E-state index contributed by atoms with van der Waals surface area (Å²) in [5.74, 6) is 0.924. The lowest BCUT2D eigenvalue weighted by Crippen LogP contribution is -2.38. The predicted molar refractivity (Wildman–Crippen MR) is 156 cm³/mol. The van der Waals surface area contributed by atoms with E-state index < -0.39 is 0 Å². The van der Waals surface area contributed by atoms with E-state index in [-0.39, 0.29) is 31.2 Å². The molecule has 206 valence electrons. The van der Waals surface area contributed by atoms with Crippen molar-refractivity contribution < 1.29 is 14.3 Å². The SMILES string of the molecule is COc1cc(-c2nc(C)cnc2C)cc2c1OCCN(C(=O)Cn1nc(-c3ccccc3)c3ccccc3c1=O)C2. The van der Waals surface area contributed by atoms with Crippen LogP contribution in [0, 0.1) is 13.8 Å². The maximum atomic E-state index is 13.7. The lowest BCUT2D eigenvalue weighted by Gasteiger charge is -2.21. The molecule has 6 rings (SSSR count). The molecule has 1 amide bonds. The molecule has 3 heterocycles. The molecule has 0 radical (unpaired) electrons. The van der Waals surface area contributed by atoms with E-state index in [1.807, 2.05) is 74.5 Å². The average molecular weight is 548 g/mol. The Morgan fingerprint density at radius 2 is 1.73 bits per heavy atom. The third-order valence-electron chi connectivity index (χ3n) is 7.22. The molecule has 0 unspecified atom stereocenters. The largest absolute Gasteiger partial charge is 0.493 e. The molecule has 0 spiro atoms. The number of hydrogen-bond donors (Lipinski definition) is 0. The van der Waals surface area contributed by atoms with E-state index >= 15 is 0 Å². The summed E-state index contributed by atoms with van der Waals surface area (Å²) in [6.07, 6.45) is 1.73. The Labute approximate surface area is 237 Å². The van der Waals surface area contributed by atoms with E-state index in [2.05, 4.69) is 15.1 Å². The number of amides is 1. The van der Waals surface area contributed by atoms with E-state index in [1.54, 1.807) is 24.3 Å². The number of rotatable bonds is 5. The molecule has 0 atom stereocenters. The van der Waals surface area contributed by atoms with Gasteiger partial charge in [0.25, 0.3) is 5.56 Å². The molecular weight excluding hydrogens is 518 g/mol. The Kier molecular flexibility index (Phi) is 6.93. The summed E-state index contributed by atoms with van der Waals surface area (Å²) in [4.78, 5) is 37.9. The van der Waals surface area contributed by atoms with Crippen LogP contribution in [0.2, 0.25) is 0 Å². The van der Waals surface area contributed by atoms with Crippen molar-refractivity contribution >= 4 is 16.7 Å². The van der Waals surface area contributed by atoms with E-state index in [1.165, 1.54) is 4.68 Å². The monoisotopic (exact) mass is 547 g/mol. The third kappa shape index (κ3) is 5.02. The van der Waals surface area contributed by atoms with Crippen molar-refractivity contribution in [3.05, 3.63) is 100 Å². The van der Waals surface area contributed by atoms with Crippen molar-refractivity contribution in [2.24, 2.45) is 0 Å². The zero-order chi connectivity index (χ0) is 28.5. The van der Waals surface area contributed by atoms with Gasteiger partial charge in [-0.1, -0.05) is 48.5 Å². The first kappa shape index (κ1) is 26.2. The molecule has 0 fully saturated rings. The second kappa shape index (κ2) is 10.8. The summed E-state index contributed by atoms with van der Waals surface area (Å²) in [6, 6.07) is 20.9. The van der Waals surface area contributed by atoms with Gasteiger partial charge in [0.1, 0.15) is 13.2 Å². The van der Waals surface area contributed by atoms with Gasteiger partial charge in [-0.05, 0) is 32.0 Å². The highest BCUT2D eigenvalue weighted by atomic mass is 16.5.